The summed E-state index contributed by atoms with van der Waals surface area (Å²) in [5.41, 5.74) is 1.79. The normalized spacial score (nSPS) is 10.8. The van der Waals surface area contributed by atoms with Crippen molar-refractivity contribution in [1.82, 2.24) is 0 Å². The first kappa shape index (κ1) is 7.22. The van der Waals surface area contributed by atoms with Gasteiger partial charge in [0.15, 0.2) is 0 Å². The van der Waals surface area contributed by atoms with E-state index in [9.17, 15) is 0 Å². The molecule has 1 aromatic heterocycles. The van der Waals surface area contributed by atoms with E-state index in [4.69, 9.17) is 9.52 Å². The SMILES string of the molecule is [CH2]Cc1coc2cc(O)ccc12. The number of furan rings is 1. The molecule has 0 saturated heterocycles. The van der Waals surface area contributed by atoms with Gasteiger partial charge in [0.25, 0.3) is 0 Å². The van der Waals surface area contributed by atoms with Crippen LogP contribution < -0.4 is 0 Å². The van der Waals surface area contributed by atoms with E-state index in [1.807, 2.05) is 6.07 Å². The Labute approximate surface area is 70.4 Å². The maximum atomic E-state index is 9.14. The predicted molar refractivity (Wildman–Crippen MR) is 46.9 cm³/mol. The van der Waals surface area contributed by atoms with Gasteiger partial charge in [0.05, 0.1) is 6.26 Å². The summed E-state index contributed by atoms with van der Waals surface area (Å²) in [4.78, 5) is 0. The van der Waals surface area contributed by atoms with Crippen LogP contribution >= 0.6 is 0 Å². The standard InChI is InChI=1S/C10H9O2/c1-2-7-6-12-10-5-8(11)3-4-9(7)10/h3-6,11H,1-2H2. The minimum Gasteiger partial charge on any atom is -0.508 e. The van der Waals surface area contributed by atoms with Crippen LogP contribution in [0.5, 0.6) is 5.75 Å². The number of benzene rings is 1. The maximum Gasteiger partial charge on any atom is 0.137 e. The summed E-state index contributed by atoms with van der Waals surface area (Å²) in [5.74, 6) is 0.229. The molecule has 0 aliphatic heterocycles. The molecule has 0 fully saturated rings. The molecular weight excluding hydrogens is 152 g/mol. The van der Waals surface area contributed by atoms with Gasteiger partial charge in [-0.3, -0.25) is 0 Å². The summed E-state index contributed by atoms with van der Waals surface area (Å²) in [6.07, 6.45) is 2.38. The fraction of sp³-hybridized carbons (Fsp3) is 0.100. The van der Waals surface area contributed by atoms with Gasteiger partial charge in [-0.25, -0.2) is 0 Å². The number of fused-ring (bicyclic) bond motifs is 1. The zero-order valence-corrected chi connectivity index (χ0v) is 6.58. The average Bonchev–Trinajstić information content (AvgIpc) is 2.46. The molecule has 2 nitrogen and oxygen atoms in total. The molecule has 0 aliphatic carbocycles. The van der Waals surface area contributed by atoms with E-state index >= 15 is 0 Å². The highest BCUT2D eigenvalue weighted by molar-refractivity contribution is 5.82. The molecule has 0 unspecified atom stereocenters. The zero-order valence-electron chi connectivity index (χ0n) is 6.58. The number of phenols is 1. The molecule has 1 N–H and O–H groups in total. The first-order valence-electron chi connectivity index (χ1n) is 3.79. The number of hydrogen-bond acceptors (Lipinski definition) is 2. The minimum atomic E-state index is 0.229. The molecule has 0 spiro atoms. The molecule has 2 rings (SSSR count). The van der Waals surface area contributed by atoms with Crippen LogP contribution in [0.2, 0.25) is 0 Å². The van der Waals surface area contributed by atoms with Gasteiger partial charge >= 0.3 is 0 Å². The molecule has 1 heterocycles. The van der Waals surface area contributed by atoms with E-state index in [0.717, 1.165) is 10.9 Å². The van der Waals surface area contributed by atoms with E-state index < -0.39 is 0 Å². The number of phenolic OH excluding ortho intramolecular Hbond substituents is 1. The summed E-state index contributed by atoms with van der Waals surface area (Å²) >= 11 is 0. The first-order valence-corrected chi connectivity index (χ1v) is 3.79. The second-order valence-corrected chi connectivity index (χ2v) is 2.69. The van der Waals surface area contributed by atoms with Gasteiger partial charge in [-0.05, 0) is 31.0 Å². The Morgan fingerprint density at radius 3 is 3.00 bits per heavy atom. The van der Waals surface area contributed by atoms with Crippen molar-refractivity contribution in [2.75, 3.05) is 0 Å². The van der Waals surface area contributed by atoms with Gasteiger partial charge in [-0.2, -0.15) is 0 Å². The molecule has 0 saturated carbocycles. The van der Waals surface area contributed by atoms with Crippen molar-refractivity contribution in [3.05, 3.63) is 36.9 Å². The van der Waals surface area contributed by atoms with Crippen molar-refractivity contribution >= 4 is 11.0 Å². The molecule has 0 amide bonds. The van der Waals surface area contributed by atoms with Crippen LogP contribution in [-0.2, 0) is 6.42 Å². The summed E-state index contributed by atoms with van der Waals surface area (Å²) in [6.45, 7) is 3.78. The van der Waals surface area contributed by atoms with Crippen molar-refractivity contribution in [2.45, 2.75) is 6.42 Å². The molecule has 0 bridgehead atoms. The van der Waals surface area contributed by atoms with Crippen LogP contribution in [0, 0.1) is 6.92 Å². The third-order valence-electron chi connectivity index (χ3n) is 1.91. The van der Waals surface area contributed by atoms with Crippen LogP contribution in [0.1, 0.15) is 5.56 Å². The minimum absolute atomic E-state index is 0.229. The summed E-state index contributed by atoms with van der Waals surface area (Å²) in [5, 5.41) is 10.2. The van der Waals surface area contributed by atoms with Gasteiger partial charge < -0.3 is 9.52 Å². The zero-order chi connectivity index (χ0) is 8.55. The Balaban J connectivity index is 2.73. The molecule has 61 valence electrons. The fourth-order valence-corrected chi connectivity index (χ4v) is 1.27. The third-order valence-corrected chi connectivity index (χ3v) is 1.91. The molecule has 0 aliphatic rings. The first-order chi connectivity index (χ1) is 5.81. The van der Waals surface area contributed by atoms with E-state index in [-0.39, 0.29) is 5.75 Å². The Morgan fingerprint density at radius 1 is 1.42 bits per heavy atom. The van der Waals surface area contributed by atoms with Crippen molar-refractivity contribution in [1.29, 1.82) is 0 Å². The number of aromatic hydroxyl groups is 1. The van der Waals surface area contributed by atoms with Crippen LogP contribution in [0.15, 0.2) is 28.9 Å². The van der Waals surface area contributed by atoms with Gasteiger partial charge in [0.1, 0.15) is 11.3 Å². The van der Waals surface area contributed by atoms with Crippen molar-refractivity contribution in [2.24, 2.45) is 0 Å². The molecule has 2 heteroatoms. The Morgan fingerprint density at radius 2 is 2.25 bits per heavy atom. The Bertz CT molecular complexity index is 401. The van der Waals surface area contributed by atoms with Gasteiger partial charge in [-0.1, -0.05) is 0 Å². The lowest BCUT2D eigenvalue weighted by molar-refractivity contribution is 0.474. The highest BCUT2D eigenvalue weighted by Crippen LogP contribution is 2.24. The second kappa shape index (κ2) is 2.55. The lowest BCUT2D eigenvalue weighted by Gasteiger charge is -1.92. The quantitative estimate of drug-likeness (QED) is 0.697. The van der Waals surface area contributed by atoms with Crippen LogP contribution in [0.4, 0.5) is 0 Å². The van der Waals surface area contributed by atoms with Crippen molar-refractivity contribution < 1.29 is 9.52 Å². The van der Waals surface area contributed by atoms with Crippen LogP contribution in [0.3, 0.4) is 0 Å². The molecule has 1 radical (unpaired) electrons. The molecule has 0 atom stereocenters. The van der Waals surface area contributed by atoms with Gasteiger partial charge in [0.2, 0.25) is 0 Å². The number of hydrogen-bond donors (Lipinski definition) is 1. The molecule has 1 aromatic carbocycles. The van der Waals surface area contributed by atoms with Crippen LogP contribution in [-0.4, -0.2) is 5.11 Å². The topological polar surface area (TPSA) is 33.4 Å². The smallest absolute Gasteiger partial charge is 0.137 e. The van der Waals surface area contributed by atoms with Crippen molar-refractivity contribution in [3.8, 4) is 5.75 Å². The lowest BCUT2D eigenvalue weighted by Crippen LogP contribution is -1.74. The monoisotopic (exact) mass is 161 g/mol. The Kier molecular flexibility index (Phi) is 1.54. The van der Waals surface area contributed by atoms with E-state index in [1.54, 1.807) is 18.4 Å². The fourth-order valence-electron chi connectivity index (χ4n) is 1.27. The third kappa shape index (κ3) is 0.961. The Hall–Kier alpha value is -1.44. The van der Waals surface area contributed by atoms with E-state index in [1.165, 1.54) is 0 Å². The number of rotatable bonds is 1. The molecule has 12 heavy (non-hydrogen) atoms. The predicted octanol–water partition coefficient (Wildman–Crippen LogP) is 2.51. The highest BCUT2D eigenvalue weighted by atomic mass is 16.3. The van der Waals surface area contributed by atoms with E-state index in [0.29, 0.717) is 12.0 Å². The molecular formula is C10H9O2. The van der Waals surface area contributed by atoms with Gasteiger partial charge in [-0.15, -0.1) is 0 Å². The second-order valence-electron chi connectivity index (χ2n) is 2.69. The van der Waals surface area contributed by atoms with Crippen molar-refractivity contribution in [3.63, 3.8) is 0 Å². The summed E-state index contributed by atoms with van der Waals surface area (Å²) in [7, 11) is 0. The average molecular weight is 161 g/mol. The summed E-state index contributed by atoms with van der Waals surface area (Å²) < 4.78 is 5.22. The largest absolute Gasteiger partial charge is 0.508 e. The lowest BCUT2D eigenvalue weighted by atomic mass is 10.1. The van der Waals surface area contributed by atoms with E-state index in [2.05, 4.69) is 6.92 Å². The maximum absolute atomic E-state index is 9.14. The van der Waals surface area contributed by atoms with Gasteiger partial charge in [0, 0.05) is 11.5 Å². The molecule has 2 aromatic rings. The highest BCUT2D eigenvalue weighted by Gasteiger charge is 2.03. The van der Waals surface area contributed by atoms with Crippen LogP contribution in [0.25, 0.3) is 11.0 Å². The summed E-state index contributed by atoms with van der Waals surface area (Å²) in [6, 6.07) is 5.10.